The van der Waals surface area contributed by atoms with Crippen LogP contribution in [0, 0.1) is 6.92 Å². The number of aliphatic hydroxyl groups is 1. The number of ether oxygens (including phenoxy) is 1. The predicted molar refractivity (Wildman–Crippen MR) is 77.7 cm³/mol. The second-order valence-corrected chi connectivity index (χ2v) is 4.78. The number of hydrogen-bond acceptors (Lipinski definition) is 3. The maximum absolute atomic E-state index is 10.4. The highest BCUT2D eigenvalue weighted by Crippen LogP contribution is 2.33. The van der Waals surface area contributed by atoms with E-state index in [4.69, 9.17) is 22.1 Å². The standard InChI is InChI=1S/C15H16ClNO2/c1-9-6-7-10(8-12(9)16)15(18)11-4-3-5-13(19-2)14(11)17/h3-8,15,18H,17H2,1-2H3. The minimum Gasteiger partial charge on any atom is -0.495 e. The van der Waals surface area contributed by atoms with E-state index in [2.05, 4.69) is 0 Å². The van der Waals surface area contributed by atoms with Crippen LogP contribution in [-0.4, -0.2) is 12.2 Å². The number of aryl methyl sites for hydroxylation is 1. The van der Waals surface area contributed by atoms with Gasteiger partial charge in [0.2, 0.25) is 0 Å². The smallest absolute Gasteiger partial charge is 0.142 e. The fourth-order valence-corrected chi connectivity index (χ4v) is 2.13. The number of nitrogen functional groups attached to an aromatic ring is 1. The fraction of sp³-hybridized carbons (Fsp3) is 0.200. The maximum Gasteiger partial charge on any atom is 0.142 e. The van der Waals surface area contributed by atoms with Crippen molar-refractivity contribution in [2.45, 2.75) is 13.0 Å². The molecule has 3 N–H and O–H groups in total. The van der Waals surface area contributed by atoms with Crippen LogP contribution in [0.4, 0.5) is 5.69 Å². The topological polar surface area (TPSA) is 55.5 Å². The van der Waals surface area contributed by atoms with Crippen molar-refractivity contribution in [1.82, 2.24) is 0 Å². The molecule has 0 aromatic heterocycles. The Morgan fingerprint density at radius 1 is 1.26 bits per heavy atom. The van der Waals surface area contributed by atoms with E-state index in [-0.39, 0.29) is 0 Å². The molecule has 2 rings (SSSR count). The van der Waals surface area contributed by atoms with Crippen LogP contribution in [0.1, 0.15) is 22.8 Å². The monoisotopic (exact) mass is 277 g/mol. The molecule has 2 aromatic rings. The first-order valence-corrected chi connectivity index (χ1v) is 6.29. The van der Waals surface area contributed by atoms with E-state index in [1.165, 1.54) is 0 Å². The Bertz CT molecular complexity index is 599. The molecule has 0 heterocycles. The van der Waals surface area contributed by atoms with Crippen molar-refractivity contribution in [3.05, 3.63) is 58.1 Å². The lowest BCUT2D eigenvalue weighted by Crippen LogP contribution is -2.05. The quantitative estimate of drug-likeness (QED) is 0.846. The summed E-state index contributed by atoms with van der Waals surface area (Å²) in [4.78, 5) is 0. The van der Waals surface area contributed by atoms with Gasteiger partial charge in [-0.1, -0.05) is 35.9 Å². The molecule has 0 fully saturated rings. The van der Waals surface area contributed by atoms with Crippen LogP contribution >= 0.6 is 11.6 Å². The van der Waals surface area contributed by atoms with Crippen LogP contribution in [-0.2, 0) is 0 Å². The first-order valence-electron chi connectivity index (χ1n) is 5.91. The summed E-state index contributed by atoms with van der Waals surface area (Å²) in [5.41, 5.74) is 8.70. The van der Waals surface area contributed by atoms with Crippen molar-refractivity contribution in [2.75, 3.05) is 12.8 Å². The third-order valence-corrected chi connectivity index (χ3v) is 3.53. The van der Waals surface area contributed by atoms with Crippen molar-refractivity contribution in [2.24, 2.45) is 0 Å². The molecule has 0 spiro atoms. The number of methoxy groups -OCH3 is 1. The molecule has 0 amide bonds. The van der Waals surface area contributed by atoms with Crippen molar-refractivity contribution in [3.8, 4) is 5.75 Å². The Labute approximate surface area is 117 Å². The van der Waals surface area contributed by atoms with Crippen molar-refractivity contribution in [3.63, 3.8) is 0 Å². The van der Waals surface area contributed by atoms with E-state index < -0.39 is 6.10 Å². The average molecular weight is 278 g/mol. The summed E-state index contributed by atoms with van der Waals surface area (Å²) in [5.74, 6) is 0.551. The predicted octanol–water partition coefficient (Wildman–Crippen LogP) is 3.32. The van der Waals surface area contributed by atoms with Gasteiger partial charge in [-0.15, -0.1) is 0 Å². The Balaban J connectivity index is 2.43. The third-order valence-electron chi connectivity index (χ3n) is 3.13. The lowest BCUT2D eigenvalue weighted by Gasteiger charge is -2.16. The number of halogens is 1. The molecular formula is C15H16ClNO2. The zero-order chi connectivity index (χ0) is 14.0. The van der Waals surface area contributed by atoms with Crippen molar-refractivity contribution < 1.29 is 9.84 Å². The summed E-state index contributed by atoms with van der Waals surface area (Å²) in [7, 11) is 1.55. The minimum atomic E-state index is -0.826. The normalized spacial score (nSPS) is 12.2. The molecule has 0 aliphatic heterocycles. The summed E-state index contributed by atoms with van der Waals surface area (Å²) >= 11 is 6.08. The number of aliphatic hydroxyl groups excluding tert-OH is 1. The van der Waals surface area contributed by atoms with Gasteiger partial charge in [-0.3, -0.25) is 0 Å². The molecule has 0 aliphatic carbocycles. The molecule has 4 heteroatoms. The van der Waals surface area contributed by atoms with Gasteiger partial charge in [0.1, 0.15) is 11.9 Å². The van der Waals surface area contributed by atoms with E-state index >= 15 is 0 Å². The summed E-state index contributed by atoms with van der Waals surface area (Å²) in [6.07, 6.45) is -0.826. The van der Waals surface area contributed by atoms with Gasteiger partial charge in [0, 0.05) is 10.6 Å². The van der Waals surface area contributed by atoms with Crippen LogP contribution in [0.25, 0.3) is 0 Å². The van der Waals surface area contributed by atoms with Crippen LogP contribution < -0.4 is 10.5 Å². The highest BCUT2D eigenvalue weighted by molar-refractivity contribution is 6.31. The number of rotatable bonds is 3. The Kier molecular flexibility index (Phi) is 3.98. The fourth-order valence-electron chi connectivity index (χ4n) is 1.94. The number of anilines is 1. The van der Waals surface area contributed by atoms with Gasteiger partial charge in [0.25, 0.3) is 0 Å². The third kappa shape index (κ3) is 2.67. The Morgan fingerprint density at radius 3 is 2.63 bits per heavy atom. The van der Waals surface area contributed by atoms with Gasteiger partial charge in [0.15, 0.2) is 0 Å². The molecular weight excluding hydrogens is 262 g/mol. The van der Waals surface area contributed by atoms with Gasteiger partial charge in [-0.05, 0) is 30.2 Å². The first kappa shape index (κ1) is 13.7. The molecule has 0 aliphatic rings. The number of hydrogen-bond donors (Lipinski definition) is 2. The summed E-state index contributed by atoms with van der Waals surface area (Å²) in [6.45, 7) is 1.92. The minimum absolute atomic E-state index is 0.439. The van der Waals surface area contributed by atoms with Crippen LogP contribution in [0.3, 0.4) is 0 Å². The van der Waals surface area contributed by atoms with Gasteiger partial charge in [-0.2, -0.15) is 0 Å². The molecule has 2 aromatic carbocycles. The van der Waals surface area contributed by atoms with Crippen LogP contribution in [0.5, 0.6) is 5.75 Å². The van der Waals surface area contributed by atoms with Gasteiger partial charge >= 0.3 is 0 Å². The molecule has 0 saturated carbocycles. The Morgan fingerprint density at radius 2 is 2.00 bits per heavy atom. The lowest BCUT2D eigenvalue weighted by atomic mass is 9.99. The second-order valence-electron chi connectivity index (χ2n) is 4.37. The lowest BCUT2D eigenvalue weighted by molar-refractivity contribution is 0.220. The van der Waals surface area contributed by atoms with Crippen molar-refractivity contribution >= 4 is 17.3 Å². The van der Waals surface area contributed by atoms with Crippen molar-refractivity contribution in [1.29, 1.82) is 0 Å². The number of benzene rings is 2. The molecule has 0 saturated heterocycles. The summed E-state index contributed by atoms with van der Waals surface area (Å²) < 4.78 is 5.15. The van der Waals surface area contributed by atoms with E-state index in [1.807, 2.05) is 19.1 Å². The summed E-state index contributed by atoms with van der Waals surface area (Å²) in [6, 6.07) is 10.8. The zero-order valence-electron chi connectivity index (χ0n) is 10.9. The zero-order valence-corrected chi connectivity index (χ0v) is 11.6. The summed E-state index contributed by atoms with van der Waals surface area (Å²) in [5, 5.41) is 11.0. The maximum atomic E-state index is 10.4. The van der Waals surface area contributed by atoms with Gasteiger partial charge < -0.3 is 15.6 Å². The largest absolute Gasteiger partial charge is 0.495 e. The molecule has 19 heavy (non-hydrogen) atoms. The molecule has 1 unspecified atom stereocenters. The molecule has 0 radical (unpaired) electrons. The second kappa shape index (κ2) is 5.51. The molecule has 1 atom stereocenters. The van der Waals surface area contributed by atoms with E-state index in [0.717, 1.165) is 5.56 Å². The first-order chi connectivity index (χ1) is 9.04. The molecule has 3 nitrogen and oxygen atoms in total. The van der Waals surface area contributed by atoms with E-state index in [9.17, 15) is 5.11 Å². The van der Waals surface area contributed by atoms with Gasteiger partial charge in [-0.25, -0.2) is 0 Å². The highest BCUT2D eigenvalue weighted by Gasteiger charge is 2.16. The molecule has 100 valence electrons. The van der Waals surface area contributed by atoms with E-state index in [1.54, 1.807) is 31.4 Å². The molecule has 0 bridgehead atoms. The Hall–Kier alpha value is -1.71. The number of nitrogens with two attached hydrogens (primary N) is 1. The van der Waals surface area contributed by atoms with E-state index in [0.29, 0.717) is 27.6 Å². The average Bonchev–Trinajstić information content (AvgIpc) is 2.41. The number of para-hydroxylation sites is 1. The highest BCUT2D eigenvalue weighted by atomic mass is 35.5. The SMILES string of the molecule is COc1cccc(C(O)c2ccc(C)c(Cl)c2)c1N. The van der Waals surface area contributed by atoms with Crippen LogP contribution in [0.15, 0.2) is 36.4 Å². The van der Waals surface area contributed by atoms with Gasteiger partial charge in [0.05, 0.1) is 12.8 Å². The van der Waals surface area contributed by atoms with Crippen LogP contribution in [0.2, 0.25) is 5.02 Å².